The van der Waals surface area contributed by atoms with Crippen molar-refractivity contribution in [3.63, 3.8) is 0 Å². The number of thiophene rings is 1. The van der Waals surface area contributed by atoms with Crippen LogP contribution in [-0.4, -0.2) is 36.5 Å². The van der Waals surface area contributed by atoms with Gasteiger partial charge in [-0.15, -0.1) is 11.3 Å². The van der Waals surface area contributed by atoms with E-state index in [1.807, 2.05) is 6.07 Å². The van der Waals surface area contributed by atoms with E-state index in [0.717, 1.165) is 30.9 Å². The number of hydrogen-bond donors (Lipinski definition) is 1. The van der Waals surface area contributed by atoms with Crippen LogP contribution in [0.4, 0.5) is 0 Å². The molecule has 0 saturated carbocycles. The van der Waals surface area contributed by atoms with Crippen molar-refractivity contribution in [1.29, 1.82) is 0 Å². The number of fused-ring (bicyclic) bond motifs is 1. The first kappa shape index (κ1) is 12.5. The van der Waals surface area contributed by atoms with Crippen molar-refractivity contribution < 1.29 is 4.79 Å². The van der Waals surface area contributed by atoms with Gasteiger partial charge in [0.05, 0.1) is 9.21 Å². The van der Waals surface area contributed by atoms with Gasteiger partial charge in [0.1, 0.15) is 0 Å². The molecule has 98 valence electrons. The summed E-state index contributed by atoms with van der Waals surface area (Å²) in [7, 11) is 0. The summed E-state index contributed by atoms with van der Waals surface area (Å²) in [5, 5.41) is 3.44. The number of amides is 1. The van der Waals surface area contributed by atoms with Gasteiger partial charge in [-0.2, -0.15) is 0 Å². The number of rotatable bonds is 2. The van der Waals surface area contributed by atoms with Crippen LogP contribution in [0.15, 0.2) is 12.1 Å². The van der Waals surface area contributed by atoms with Gasteiger partial charge in [0.15, 0.2) is 0 Å². The number of carbonyl (C=O) groups excluding carboxylic acids is 1. The molecule has 1 aromatic rings. The van der Waals surface area contributed by atoms with Crippen molar-refractivity contribution in [3.05, 3.63) is 21.3 Å². The normalized spacial score (nSPS) is 30.8. The van der Waals surface area contributed by atoms with Crippen molar-refractivity contribution >= 4 is 28.8 Å². The van der Waals surface area contributed by atoms with Crippen LogP contribution >= 0.6 is 22.9 Å². The molecule has 0 aromatic carbocycles. The van der Waals surface area contributed by atoms with E-state index in [-0.39, 0.29) is 5.91 Å². The number of hydrogen-bond acceptors (Lipinski definition) is 3. The summed E-state index contributed by atoms with van der Waals surface area (Å²) in [6.45, 7) is 5.17. The highest BCUT2D eigenvalue weighted by Crippen LogP contribution is 2.36. The van der Waals surface area contributed by atoms with Crippen LogP contribution in [0.1, 0.15) is 23.0 Å². The predicted octanol–water partition coefficient (Wildman–Crippen LogP) is 2.47. The average Bonchev–Trinajstić information content (AvgIpc) is 3.01. The molecular weight excluding hydrogens is 268 g/mol. The molecule has 0 bridgehead atoms. The van der Waals surface area contributed by atoms with Gasteiger partial charge < -0.3 is 10.2 Å². The molecule has 2 aliphatic heterocycles. The number of nitrogens with one attached hydrogen (secondary N) is 1. The smallest absolute Gasteiger partial charge is 0.264 e. The molecule has 0 spiro atoms. The van der Waals surface area contributed by atoms with Crippen molar-refractivity contribution in [2.24, 2.45) is 11.8 Å². The predicted molar refractivity (Wildman–Crippen MR) is 74.3 cm³/mol. The quantitative estimate of drug-likeness (QED) is 0.905. The van der Waals surface area contributed by atoms with Crippen LogP contribution in [0.5, 0.6) is 0 Å². The summed E-state index contributed by atoms with van der Waals surface area (Å²) in [6.07, 6.45) is 1.04. The molecule has 18 heavy (non-hydrogen) atoms. The Morgan fingerprint density at radius 1 is 1.56 bits per heavy atom. The van der Waals surface area contributed by atoms with Crippen LogP contribution in [0.25, 0.3) is 0 Å². The first-order chi connectivity index (χ1) is 8.70. The zero-order valence-corrected chi connectivity index (χ0v) is 11.9. The fourth-order valence-electron chi connectivity index (χ4n) is 3.35. The molecule has 2 saturated heterocycles. The molecule has 3 rings (SSSR count). The Kier molecular flexibility index (Phi) is 3.34. The summed E-state index contributed by atoms with van der Waals surface area (Å²) < 4.78 is 0.687. The van der Waals surface area contributed by atoms with Crippen LogP contribution in [0.3, 0.4) is 0 Å². The van der Waals surface area contributed by atoms with E-state index in [4.69, 9.17) is 11.6 Å². The molecule has 0 radical (unpaired) electrons. The Morgan fingerprint density at radius 3 is 3.06 bits per heavy atom. The summed E-state index contributed by atoms with van der Waals surface area (Å²) in [6, 6.07) is 4.03. The first-order valence-corrected chi connectivity index (χ1v) is 7.67. The van der Waals surface area contributed by atoms with Crippen LogP contribution in [-0.2, 0) is 0 Å². The van der Waals surface area contributed by atoms with Gasteiger partial charge >= 0.3 is 0 Å². The molecule has 5 heteroatoms. The lowest BCUT2D eigenvalue weighted by molar-refractivity contribution is 0.0716. The van der Waals surface area contributed by atoms with E-state index in [9.17, 15) is 4.79 Å². The minimum Gasteiger partial charge on any atom is -0.334 e. The Bertz CT molecular complexity index is 462. The van der Waals surface area contributed by atoms with Gasteiger partial charge in [-0.05, 0) is 30.4 Å². The van der Waals surface area contributed by atoms with Crippen LogP contribution in [0, 0.1) is 11.8 Å². The average molecular weight is 285 g/mol. The third-order valence-electron chi connectivity index (χ3n) is 4.18. The third-order valence-corrected chi connectivity index (χ3v) is 5.40. The van der Waals surface area contributed by atoms with Gasteiger partial charge in [-0.1, -0.05) is 18.5 Å². The highest BCUT2D eigenvalue weighted by Gasteiger charge is 2.45. The minimum absolute atomic E-state index is 0.160. The Labute approximate surface area is 116 Å². The van der Waals surface area contributed by atoms with Crippen LogP contribution in [0.2, 0.25) is 4.34 Å². The monoisotopic (exact) mass is 284 g/mol. The largest absolute Gasteiger partial charge is 0.334 e. The van der Waals surface area contributed by atoms with E-state index in [2.05, 4.69) is 17.1 Å². The summed E-state index contributed by atoms with van der Waals surface area (Å²) in [5.41, 5.74) is 0. The molecule has 3 nitrogen and oxygen atoms in total. The molecule has 1 amide bonds. The second kappa shape index (κ2) is 4.83. The summed E-state index contributed by atoms with van der Waals surface area (Å²) in [4.78, 5) is 15.4. The lowest BCUT2D eigenvalue weighted by Gasteiger charge is -2.26. The second-order valence-electron chi connectivity index (χ2n) is 5.12. The summed E-state index contributed by atoms with van der Waals surface area (Å²) in [5.74, 6) is 1.43. The zero-order chi connectivity index (χ0) is 12.7. The summed E-state index contributed by atoms with van der Waals surface area (Å²) >= 11 is 7.30. The molecule has 0 aliphatic carbocycles. The van der Waals surface area contributed by atoms with Gasteiger partial charge in [0.25, 0.3) is 5.91 Å². The number of nitrogens with zero attached hydrogens (tertiary/aromatic N) is 1. The molecule has 1 N–H and O–H groups in total. The standard InChI is InChI=1S/C13H17ClN2OS/c1-2-10-9-6-15-5-8(9)7-16(10)13(17)11-3-4-12(14)18-11/h3-4,8-10,15H,2,5-7H2,1H3. The Hall–Kier alpha value is -0.580. The van der Waals surface area contributed by atoms with Crippen molar-refractivity contribution in [1.82, 2.24) is 10.2 Å². The van der Waals surface area contributed by atoms with E-state index in [0.29, 0.717) is 22.2 Å². The third kappa shape index (κ3) is 1.96. The molecule has 3 heterocycles. The van der Waals surface area contributed by atoms with Gasteiger partial charge in [-0.3, -0.25) is 4.79 Å². The van der Waals surface area contributed by atoms with Gasteiger partial charge in [0, 0.05) is 25.7 Å². The minimum atomic E-state index is 0.160. The highest BCUT2D eigenvalue weighted by molar-refractivity contribution is 7.17. The van der Waals surface area contributed by atoms with E-state index in [1.54, 1.807) is 6.07 Å². The molecule has 2 aliphatic rings. The topological polar surface area (TPSA) is 32.3 Å². The number of likely N-dealkylation sites (tertiary alicyclic amines) is 1. The lowest BCUT2D eigenvalue weighted by Crippen LogP contribution is -2.39. The fourth-order valence-corrected chi connectivity index (χ4v) is 4.35. The van der Waals surface area contributed by atoms with Crippen molar-refractivity contribution in [2.75, 3.05) is 19.6 Å². The molecule has 3 unspecified atom stereocenters. The molecule has 2 fully saturated rings. The zero-order valence-electron chi connectivity index (χ0n) is 10.4. The second-order valence-corrected chi connectivity index (χ2v) is 6.83. The fraction of sp³-hybridized carbons (Fsp3) is 0.615. The van der Waals surface area contributed by atoms with Gasteiger partial charge in [-0.25, -0.2) is 0 Å². The van der Waals surface area contributed by atoms with E-state index < -0.39 is 0 Å². The number of halogens is 1. The Morgan fingerprint density at radius 2 is 2.39 bits per heavy atom. The molecular formula is C13H17ClN2OS. The maximum absolute atomic E-state index is 12.5. The SMILES string of the molecule is CCC1C2CNCC2CN1C(=O)c1ccc(Cl)s1. The van der Waals surface area contributed by atoms with Gasteiger partial charge in [0.2, 0.25) is 0 Å². The van der Waals surface area contributed by atoms with Crippen molar-refractivity contribution in [2.45, 2.75) is 19.4 Å². The maximum atomic E-state index is 12.5. The van der Waals surface area contributed by atoms with Crippen molar-refractivity contribution in [3.8, 4) is 0 Å². The maximum Gasteiger partial charge on any atom is 0.264 e. The highest BCUT2D eigenvalue weighted by atomic mass is 35.5. The lowest BCUT2D eigenvalue weighted by atomic mass is 9.93. The van der Waals surface area contributed by atoms with Crippen LogP contribution < -0.4 is 5.32 Å². The van der Waals surface area contributed by atoms with E-state index in [1.165, 1.54) is 11.3 Å². The first-order valence-electron chi connectivity index (χ1n) is 6.47. The molecule has 1 aromatic heterocycles. The number of carbonyl (C=O) groups is 1. The molecule has 3 atom stereocenters. The Balaban J connectivity index is 1.81. The van der Waals surface area contributed by atoms with E-state index >= 15 is 0 Å².